The van der Waals surface area contributed by atoms with E-state index in [0.29, 0.717) is 11.8 Å². The van der Waals surface area contributed by atoms with Crippen molar-refractivity contribution in [2.45, 2.75) is 26.2 Å². The molecule has 1 amide bonds. The first-order chi connectivity index (χ1) is 9.70. The molecule has 0 bridgehead atoms. The first kappa shape index (κ1) is 13.2. The van der Waals surface area contributed by atoms with E-state index in [9.17, 15) is 4.79 Å². The molecule has 0 aromatic heterocycles. The largest absolute Gasteiger partial charge is 0.384 e. The summed E-state index contributed by atoms with van der Waals surface area (Å²) in [6.45, 7) is 1.82. The predicted molar refractivity (Wildman–Crippen MR) is 78.1 cm³/mol. The lowest BCUT2D eigenvalue weighted by Gasteiger charge is -2.09. The fourth-order valence-corrected chi connectivity index (χ4v) is 3.43. The van der Waals surface area contributed by atoms with Gasteiger partial charge < -0.3 is 10.4 Å². The third-order valence-electron chi connectivity index (χ3n) is 4.44. The zero-order chi connectivity index (χ0) is 14.1. The fourth-order valence-electron chi connectivity index (χ4n) is 3.43. The molecular formula is C17H19NO2. The summed E-state index contributed by atoms with van der Waals surface area (Å²) in [7, 11) is 0. The summed E-state index contributed by atoms with van der Waals surface area (Å²) in [4.78, 5) is 12.3. The van der Waals surface area contributed by atoms with E-state index in [2.05, 4.69) is 17.2 Å². The summed E-state index contributed by atoms with van der Waals surface area (Å²) < 4.78 is 0. The highest BCUT2D eigenvalue weighted by molar-refractivity contribution is 5.96. The van der Waals surface area contributed by atoms with Crippen molar-refractivity contribution in [1.82, 2.24) is 0 Å². The minimum atomic E-state index is -0.173. The topological polar surface area (TPSA) is 49.3 Å². The molecule has 0 aliphatic heterocycles. The average Bonchev–Trinajstić information content (AvgIpc) is 2.92. The van der Waals surface area contributed by atoms with Crippen molar-refractivity contribution < 1.29 is 9.90 Å². The van der Waals surface area contributed by atoms with Gasteiger partial charge in [0.2, 0.25) is 5.91 Å². The van der Waals surface area contributed by atoms with Crippen LogP contribution in [0, 0.1) is 36.5 Å². The first-order valence-electron chi connectivity index (χ1n) is 7.22. The lowest BCUT2D eigenvalue weighted by Crippen LogP contribution is -2.17. The number of carbonyl (C=O) groups excluding carboxylic acids is 1. The van der Waals surface area contributed by atoms with Crippen molar-refractivity contribution in [2.24, 2.45) is 17.8 Å². The van der Waals surface area contributed by atoms with Crippen LogP contribution in [0.4, 0.5) is 5.69 Å². The van der Waals surface area contributed by atoms with E-state index in [4.69, 9.17) is 5.11 Å². The molecule has 2 fully saturated rings. The Labute approximate surface area is 119 Å². The number of nitrogens with one attached hydrogen (secondary N) is 1. The number of fused-ring (bicyclic) bond motifs is 1. The number of anilines is 1. The lowest BCUT2D eigenvalue weighted by molar-refractivity contribution is -0.118. The number of rotatable bonds is 2. The molecule has 2 saturated carbocycles. The number of hydrogen-bond donors (Lipinski definition) is 2. The van der Waals surface area contributed by atoms with E-state index in [1.165, 1.54) is 19.3 Å². The van der Waals surface area contributed by atoms with Crippen LogP contribution >= 0.6 is 0 Å². The van der Waals surface area contributed by atoms with E-state index in [1.807, 2.05) is 25.1 Å². The second-order valence-electron chi connectivity index (χ2n) is 5.78. The van der Waals surface area contributed by atoms with E-state index in [0.717, 1.165) is 16.8 Å². The Kier molecular flexibility index (Phi) is 3.50. The van der Waals surface area contributed by atoms with Crippen molar-refractivity contribution in [2.75, 3.05) is 11.9 Å². The smallest absolute Gasteiger partial charge is 0.228 e. The molecule has 0 spiro atoms. The van der Waals surface area contributed by atoms with Gasteiger partial charge in [-0.2, -0.15) is 0 Å². The third-order valence-corrected chi connectivity index (χ3v) is 4.44. The highest BCUT2D eigenvalue weighted by Gasteiger charge is 2.56. The van der Waals surface area contributed by atoms with Gasteiger partial charge in [0.1, 0.15) is 6.61 Å². The molecule has 2 unspecified atom stereocenters. The Morgan fingerprint density at radius 3 is 2.85 bits per heavy atom. The number of amides is 1. The average molecular weight is 269 g/mol. The number of carbonyl (C=O) groups is 1. The van der Waals surface area contributed by atoms with Crippen LogP contribution in [0.5, 0.6) is 0 Å². The number of benzene rings is 1. The second-order valence-corrected chi connectivity index (χ2v) is 5.78. The normalized spacial score (nSPS) is 26.4. The maximum Gasteiger partial charge on any atom is 0.228 e. The quantitative estimate of drug-likeness (QED) is 0.810. The van der Waals surface area contributed by atoms with E-state index in [-0.39, 0.29) is 18.4 Å². The maximum absolute atomic E-state index is 12.3. The number of aryl methyl sites for hydroxylation is 1. The van der Waals surface area contributed by atoms with Gasteiger partial charge in [0.15, 0.2) is 0 Å². The third kappa shape index (κ3) is 2.44. The monoisotopic (exact) mass is 269 g/mol. The molecule has 20 heavy (non-hydrogen) atoms. The van der Waals surface area contributed by atoms with Gasteiger partial charge in [-0.05, 0) is 49.3 Å². The Morgan fingerprint density at radius 1 is 1.40 bits per heavy atom. The molecule has 3 rings (SSSR count). The molecule has 2 aliphatic carbocycles. The van der Waals surface area contributed by atoms with Gasteiger partial charge in [-0.1, -0.05) is 24.3 Å². The second kappa shape index (κ2) is 5.30. The Balaban J connectivity index is 1.76. The Hall–Kier alpha value is -1.79. The van der Waals surface area contributed by atoms with Crippen molar-refractivity contribution in [3.8, 4) is 11.8 Å². The molecule has 3 heteroatoms. The molecule has 0 heterocycles. The van der Waals surface area contributed by atoms with E-state index in [1.54, 1.807) is 0 Å². The van der Waals surface area contributed by atoms with E-state index >= 15 is 0 Å². The number of aliphatic hydroxyl groups is 1. The lowest BCUT2D eigenvalue weighted by atomic mass is 10.1. The first-order valence-corrected chi connectivity index (χ1v) is 7.22. The van der Waals surface area contributed by atoms with Crippen LogP contribution < -0.4 is 5.32 Å². The van der Waals surface area contributed by atoms with E-state index < -0.39 is 0 Å². The maximum atomic E-state index is 12.3. The predicted octanol–water partition coefficient (Wildman–Crippen LogP) is 2.32. The highest BCUT2D eigenvalue weighted by atomic mass is 16.2. The summed E-state index contributed by atoms with van der Waals surface area (Å²) in [5, 5.41) is 11.8. The highest BCUT2D eigenvalue weighted by Crippen LogP contribution is 2.57. The van der Waals surface area contributed by atoms with Gasteiger partial charge in [0, 0.05) is 11.5 Å². The molecule has 0 saturated heterocycles. The van der Waals surface area contributed by atoms with Crippen molar-refractivity contribution in [3.05, 3.63) is 29.3 Å². The van der Waals surface area contributed by atoms with Gasteiger partial charge in [-0.15, -0.1) is 0 Å². The van der Waals surface area contributed by atoms with Crippen molar-refractivity contribution in [3.63, 3.8) is 0 Å². The SMILES string of the molecule is Cc1ccc(C#CCO)c(NC(=O)C2C3CCCC32)c1. The van der Waals surface area contributed by atoms with Gasteiger partial charge in [0.25, 0.3) is 0 Å². The molecule has 0 radical (unpaired) electrons. The Bertz CT molecular complexity index is 587. The molecule has 104 valence electrons. The summed E-state index contributed by atoms with van der Waals surface area (Å²) in [6, 6.07) is 5.79. The summed E-state index contributed by atoms with van der Waals surface area (Å²) >= 11 is 0. The van der Waals surface area contributed by atoms with Crippen LogP contribution in [-0.2, 0) is 4.79 Å². The minimum absolute atomic E-state index is 0.136. The van der Waals surface area contributed by atoms with Crippen molar-refractivity contribution in [1.29, 1.82) is 0 Å². The van der Waals surface area contributed by atoms with Crippen LogP contribution in [0.3, 0.4) is 0 Å². The van der Waals surface area contributed by atoms with Crippen LogP contribution in [0.15, 0.2) is 18.2 Å². The number of aliphatic hydroxyl groups excluding tert-OH is 1. The number of hydrogen-bond acceptors (Lipinski definition) is 2. The van der Waals surface area contributed by atoms with Gasteiger partial charge in [0.05, 0.1) is 5.69 Å². The van der Waals surface area contributed by atoms with Gasteiger partial charge in [-0.25, -0.2) is 0 Å². The zero-order valence-electron chi connectivity index (χ0n) is 11.6. The summed E-state index contributed by atoms with van der Waals surface area (Å²) in [5.74, 6) is 7.11. The minimum Gasteiger partial charge on any atom is -0.384 e. The molecular weight excluding hydrogens is 250 g/mol. The molecule has 2 aliphatic rings. The standard InChI is InChI=1S/C17H19NO2/c1-11-7-8-12(4-3-9-19)15(10-11)18-17(20)16-13-5-2-6-14(13)16/h7-8,10,13-14,16,19H,2,5-6,9H2,1H3,(H,18,20). The summed E-state index contributed by atoms with van der Waals surface area (Å²) in [6.07, 6.45) is 3.68. The molecule has 3 nitrogen and oxygen atoms in total. The van der Waals surface area contributed by atoms with Gasteiger partial charge >= 0.3 is 0 Å². The van der Waals surface area contributed by atoms with Gasteiger partial charge in [-0.3, -0.25) is 4.79 Å². The molecule has 2 atom stereocenters. The van der Waals surface area contributed by atoms with Crippen LogP contribution in [0.2, 0.25) is 0 Å². The zero-order valence-corrected chi connectivity index (χ0v) is 11.6. The van der Waals surface area contributed by atoms with Crippen LogP contribution in [-0.4, -0.2) is 17.6 Å². The fraction of sp³-hybridized carbons (Fsp3) is 0.471. The Morgan fingerprint density at radius 2 is 2.15 bits per heavy atom. The van der Waals surface area contributed by atoms with Crippen LogP contribution in [0.25, 0.3) is 0 Å². The molecule has 2 N–H and O–H groups in total. The van der Waals surface area contributed by atoms with Crippen LogP contribution in [0.1, 0.15) is 30.4 Å². The van der Waals surface area contributed by atoms with Crippen molar-refractivity contribution >= 4 is 11.6 Å². The summed E-state index contributed by atoms with van der Waals surface area (Å²) in [5.41, 5.74) is 2.62. The molecule has 1 aromatic rings. The molecule has 1 aromatic carbocycles.